The number of fused-ring (bicyclic) bond motifs is 3. The number of aryl methyl sites for hydroxylation is 1. The van der Waals surface area contributed by atoms with Crippen LogP contribution in [0.4, 0.5) is 5.95 Å². The molecule has 1 N–H and O–H groups in total. The normalized spacial score (nSPS) is 11.1. The average molecular weight is 398 g/mol. The number of hydrogen-bond donors (Lipinski definition) is 1. The molecular formula is C20H20ClN5O2. The maximum absolute atomic E-state index is 5.97. The highest BCUT2D eigenvalue weighted by Crippen LogP contribution is 2.25. The first-order chi connectivity index (χ1) is 13.6. The van der Waals surface area contributed by atoms with E-state index in [1.165, 1.54) is 0 Å². The number of anilines is 1. The minimum Gasteiger partial charge on any atom is -0.497 e. The van der Waals surface area contributed by atoms with E-state index in [1.54, 1.807) is 18.7 Å². The van der Waals surface area contributed by atoms with Crippen molar-refractivity contribution < 1.29 is 9.47 Å². The quantitative estimate of drug-likeness (QED) is 0.496. The van der Waals surface area contributed by atoms with Crippen LogP contribution < -0.4 is 14.8 Å². The van der Waals surface area contributed by atoms with Crippen molar-refractivity contribution >= 4 is 34.1 Å². The molecule has 0 saturated heterocycles. The molecule has 4 aromatic rings. The Kier molecular flexibility index (Phi) is 4.92. The van der Waals surface area contributed by atoms with Gasteiger partial charge in [0, 0.05) is 18.0 Å². The van der Waals surface area contributed by atoms with E-state index in [1.807, 2.05) is 43.3 Å². The molecule has 0 radical (unpaired) electrons. The van der Waals surface area contributed by atoms with Gasteiger partial charge >= 0.3 is 0 Å². The maximum Gasteiger partial charge on any atom is 0.226 e. The summed E-state index contributed by atoms with van der Waals surface area (Å²) in [4.78, 5) is 9.37. The summed E-state index contributed by atoms with van der Waals surface area (Å²) in [7, 11) is 3.26. The molecule has 0 aliphatic rings. The molecular weight excluding hydrogens is 378 g/mol. The van der Waals surface area contributed by atoms with Gasteiger partial charge in [0.1, 0.15) is 11.5 Å². The molecule has 28 heavy (non-hydrogen) atoms. The molecule has 0 bridgehead atoms. The third kappa shape index (κ3) is 3.29. The number of methoxy groups -OCH3 is 2. The summed E-state index contributed by atoms with van der Waals surface area (Å²) in [6.07, 6.45) is 0. The minimum atomic E-state index is 0.238. The zero-order chi connectivity index (χ0) is 19.7. The Morgan fingerprint density at radius 1 is 1.07 bits per heavy atom. The lowest BCUT2D eigenvalue weighted by Crippen LogP contribution is -2.09. The van der Waals surface area contributed by atoms with Gasteiger partial charge in [-0.05, 0) is 36.2 Å². The molecule has 0 unspecified atom stereocenters. The summed E-state index contributed by atoms with van der Waals surface area (Å²) in [5, 5.41) is 8.79. The average Bonchev–Trinajstić information content (AvgIpc) is 3.17. The number of aromatic nitrogens is 4. The molecule has 0 saturated carbocycles. The van der Waals surface area contributed by atoms with Crippen LogP contribution in [-0.2, 0) is 12.4 Å². The molecule has 0 amide bonds. The highest BCUT2D eigenvalue weighted by Gasteiger charge is 2.14. The van der Waals surface area contributed by atoms with Gasteiger partial charge in [-0.25, -0.2) is 9.97 Å². The standard InChI is InChI=1S/C20H20ClN5O2/c1-12-5-4-6-16-18(12)24-20(26-19(16)23-17(10-21)25-26)22-11-13-7-14(27-2)9-15(8-13)28-3/h4-9H,10-11H2,1-3H3,(H,22,24). The zero-order valence-electron chi connectivity index (χ0n) is 15.9. The number of rotatable bonds is 6. The highest BCUT2D eigenvalue weighted by atomic mass is 35.5. The van der Waals surface area contributed by atoms with Crippen LogP contribution in [0.5, 0.6) is 11.5 Å². The predicted octanol–water partition coefficient (Wildman–Crippen LogP) is 3.95. The fourth-order valence-corrected chi connectivity index (χ4v) is 3.25. The first-order valence-electron chi connectivity index (χ1n) is 8.79. The van der Waals surface area contributed by atoms with E-state index in [9.17, 15) is 0 Å². The number of ether oxygens (including phenoxy) is 2. The smallest absolute Gasteiger partial charge is 0.226 e. The van der Waals surface area contributed by atoms with Crippen molar-refractivity contribution in [2.24, 2.45) is 0 Å². The second kappa shape index (κ2) is 7.52. The lowest BCUT2D eigenvalue weighted by molar-refractivity contribution is 0.393. The van der Waals surface area contributed by atoms with E-state index in [4.69, 9.17) is 26.1 Å². The summed E-state index contributed by atoms with van der Waals surface area (Å²) in [5.41, 5.74) is 3.68. The number of alkyl halides is 1. The summed E-state index contributed by atoms with van der Waals surface area (Å²) >= 11 is 5.97. The van der Waals surface area contributed by atoms with Gasteiger partial charge in [-0.3, -0.25) is 0 Å². The Morgan fingerprint density at radius 2 is 1.82 bits per heavy atom. The Hall–Kier alpha value is -3.06. The van der Waals surface area contributed by atoms with E-state index >= 15 is 0 Å². The number of para-hydroxylation sites is 1. The Labute approximate surface area is 167 Å². The lowest BCUT2D eigenvalue weighted by Gasteiger charge is -2.12. The van der Waals surface area contributed by atoms with E-state index in [0.717, 1.165) is 39.2 Å². The highest BCUT2D eigenvalue weighted by molar-refractivity contribution is 6.16. The largest absolute Gasteiger partial charge is 0.497 e. The third-order valence-electron chi connectivity index (χ3n) is 4.53. The van der Waals surface area contributed by atoms with Crippen LogP contribution in [-0.4, -0.2) is 33.8 Å². The maximum atomic E-state index is 5.97. The monoisotopic (exact) mass is 397 g/mol. The van der Waals surface area contributed by atoms with Gasteiger partial charge in [-0.15, -0.1) is 16.7 Å². The number of benzene rings is 2. The van der Waals surface area contributed by atoms with Gasteiger partial charge in [-0.1, -0.05) is 12.1 Å². The number of halogens is 1. The Morgan fingerprint density at radius 3 is 2.50 bits per heavy atom. The molecule has 8 heteroatoms. The topological polar surface area (TPSA) is 73.6 Å². The van der Waals surface area contributed by atoms with Crippen LogP contribution in [0.15, 0.2) is 36.4 Å². The predicted molar refractivity (Wildman–Crippen MR) is 109 cm³/mol. The van der Waals surface area contributed by atoms with Gasteiger partial charge in [0.2, 0.25) is 5.95 Å². The summed E-state index contributed by atoms with van der Waals surface area (Å²) in [6, 6.07) is 11.7. The molecule has 0 aliphatic carbocycles. The SMILES string of the molecule is COc1cc(CNc2nc3c(C)cccc3c3nc(CCl)nn23)cc(OC)c1. The minimum absolute atomic E-state index is 0.238. The number of nitrogens with one attached hydrogen (secondary N) is 1. The molecule has 0 atom stereocenters. The van der Waals surface area contributed by atoms with Crippen molar-refractivity contribution in [1.29, 1.82) is 0 Å². The van der Waals surface area contributed by atoms with Crippen LogP contribution in [0.3, 0.4) is 0 Å². The summed E-state index contributed by atoms with van der Waals surface area (Å²) in [5.74, 6) is 2.86. The van der Waals surface area contributed by atoms with Gasteiger partial charge < -0.3 is 14.8 Å². The molecule has 2 aromatic heterocycles. The molecule has 0 aliphatic heterocycles. The molecule has 0 spiro atoms. The number of nitrogens with zero attached hydrogens (tertiary/aromatic N) is 4. The van der Waals surface area contributed by atoms with Crippen molar-refractivity contribution in [2.75, 3.05) is 19.5 Å². The Balaban J connectivity index is 1.77. The molecule has 2 heterocycles. The van der Waals surface area contributed by atoms with Crippen LogP contribution in [0.25, 0.3) is 16.6 Å². The van der Waals surface area contributed by atoms with E-state index in [0.29, 0.717) is 18.3 Å². The van der Waals surface area contributed by atoms with Crippen molar-refractivity contribution in [3.05, 3.63) is 53.3 Å². The van der Waals surface area contributed by atoms with Crippen LogP contribution in [0, 0.1) is 6.92 Å². The first kappa shape index (κ1) is 18.3. The molecule has 4 rings (SSSR count). The molecule has 144 valence electrons. The van der Waals surface area contributed by atoms with Crippen LogP contribution in [0.1, 0.15) is 17.0 Å². The first-order valence-corrected chi connectivity index (χ1v) is 9.33. The van der Waals surface area contributed by atoms with Gasteiger partial charge in [0.25, 0.3) is 0 Å². The third-order valence-corrected chi connectivity index (χ3v) is 4.77. The second-order valence-corrected chi connectivity index (χ2v) is 6.65. The second-order valence-electron chi connectivity index (χ2n) is 6.38. The fraction of sp³-hybridized carbons (Fsp3) is 0.250. The van der Waals surface area contributed by atoms with Crippen molar-refractivity contribution in [3.8, 4) is 11.5 Å². The van der Waals surface area contributed by atoms with Gasteiger partial charge in [0.15, 0.2) is 11.5 Å². The van der Waals surface area contributed by atoms with Gasteiger partial charge in [0.05, 0.1) is 25.6 Å². The molecule has 2 aromatic carbocycles. The fourth-order valence-electron chi connectivity index (χ4n) is 3.14. The lowest BCUT2D eigenvalue weighted by atomic mass is 10.1. The summed E-state index contributed by atoms with van der Waals surface area (Å²) < 4.78 is 12.4. The van der Waals surface area contributed by atoms with E-state index in [-0.39, 0.29) is 5.88 Å². The zero-order valence-corrected chi connectivity index (χ0v) is 16.6. The Bertz CT molecular complexity index is 1140. The van der Waals surface area contributed by atoms with Crippen molar-refractivity contribution in [1.82, 2.24) is 19.6 Å². The molecule has 0 fully saturated rings. The van der Waals surface area contributed by atoms with E-state index in [2.05, 4.69) is 15.4 Å². The van der Waals surface area contributed by atoms with Gasteiger partial charge in [-0.2, -0.15) is 4.52 Å². The van der Waals surface area contributed by atoms with E-state index < -0.39 is 0 Å². The van der Waals surface area contributed by atoms with Crippen molar-refractivity contribution in [2.45, 2.75) is 19.3 Å². The van der Waals surface area contributed by atoms with Crippen LogP contribution >= 0.6 is 11.6 Å². The van der Waals surface area contributed by atoms with Crippen molar-refractivity contribution in [3.63, 3.8) is 0 Å². The molecule has 7 nitrogen and oxygen atoms in total. The van der Waals surface area contributed by atoms with Crippen LogP contribution in [0.2, 0.25) is 0 Å². The number of hydrogen-bond acceptors (Lipinski definition) is 6. The summed E-state index contributed by atoms with van der Waals surface area (Å²) in [6.45, 7) is 2.55.